The van der Waals surface area contributed by atoms with E-state index in [1.54, 1.807) is 13.1 Å². The van der Waals surface area contributed by atoms with Gasteiger partial charge in [0.25, 0.3) is 0 Å². The number of aromatic nitrogens is 1. The molecule has 2 aromatic rings. The molecule has 1 aromatic carbocycles. The number of rotatable bonds is 2. The standard InChI is InChI=1S/C13H12N2O/c1-14-13(16)9-8-11-7-6-10-4-2-3-5-12(10)15-11/h2-9H,1H3,(H,14,16)/b9-8+. The van der Waals surface area contributed by atoms with Gasteiger partial charge in [0.2, 0.25) is 5.91 Å². The lowest BCUT2D eigenvalue weighted by Crippen LogP contribution is -2.13. The highest BCUT2D eigenvalue weighted by Gasteiger charge is 1.95. The largest absolute Gasteiger partial charge is 0.356 e. The van der Waals surface area contributed by atoms with E-state index in [1.807, 2.05) is 36.4 Å². The summed E-state index contributed by atoms with van der Waals surface area (Å²) in [5.74, 6) is -0.130. The zero-order valence-electron chi connectivity index (χ0n) is 8.97. The van der Waals surface area contributed by atoms with E-state index in [9.17, 15) is 4.79 Å². The second kappa shape index (κ2) is 4.57. The normalized spacial score (nSPS) is 10.8. The summed E-state index contributed by atoms with van der Waals surface area (Å²) in [6.07, 6.45) is 3.17. The van der Waals surface area contributed by atoms with Crippen LogP contribution < -0.4 is 5.32 Å². The number of nitrogens with zero attached hydrogens (tertiary/aromatic N) is 1. The molecule has 3 nitrogen and oxygen atoms in total. The molecule has 0 saturated carbocycles. The Bertz CT molecular complexity index is 546. The molecule has 0 unspecified atom stereocenters. The van der Waals surface area contributed by atoms with E-state index in [0.717, 1.165) is 16.6 Å². The fourth-order valence-corrected chi connectivity index (χ4v) is 1.42. The Kier molecular flexibility index (Phi) is 2.96. The second-order valence-corrected chi connectivity index (χ2v) is 3.38. The van der Waals surface area contributed by atoms with Crippen LogP contribution in [0.2, 0.25) is 0 Å². The smallest absolute Gasteiger partial charge is 0.243 e. The Morgan fingerprint density at radius 3 is 2.88 bits per heavy atom. The van der Waals surface area contributed by atoms with Gasteiger partial charge in [-0.3, -0.25) is 4.79 Å². The summed E-state index contributed by atoms with van der Waals surface area (Å²) in [5, 5.41) is 3.62. The van der Waals surface area contributed by atoms with Crippen LogP contribution in [0.15, 0.2) is 42.5 Å². The zero-order chi connectivity index (χ0) is 11.4. The van der Waals surface area contributed by atoms with Crippen molar-refractivity contribution in [1.82, 2.24) is 10.3 Å². The van der Waals surface area contributed by atoms with Crippen molar-refractivity contribution in [3.63, 3.8) is 0 Å². The highest BCUT2D eigenvalue weighted by atomic mass is 16.1. The summed E-state index contributed by atoms with van der Waals surface area (Å²) in [6, 6.07) is 11.8. The highest BCUT2D eigenvalue weighted by molar-refractivity contribution is 5.91. The third-order valence-corrected chi connectivity index (χ3v) is 2.27. The molecule has 1 heterocycles. The fraction of sp³-hybridized carbons (Fsp3) is 0.0769. The summed E-state index contributed by atoms with van der Waals surface area (Å²) in [7, 11) is 1.60. The van der Waals surface area contributed by atoms with Crippen LogP contribution in [-0.2, 0) is 4.79 Å². The second-order valence-electron chi connectivity index (χ2n) is 3.38. The monoisotopic (exact) mass is 212 g/mol. The first kappa shape index (κ1) is 10.4. The molecule has 1 aromatic heterocycles. The quantitative estimate of drug-likeness (QED) is 0.773. The maximum Gasteiger partial charge on any atom is 0.243 e. The summed E-state index contributed by atoms with van der Waals surface area (Å²) in [6.45, 7) is 0. The van der Waals surface area contributed by atoms with Gasteiger partial charge in [0.1, 0.15) is 0 Å². The van der Waals surface area contributed by atoms with Gasteiger partial charge in [0, 0.05) is 18.5 Å². The predicted octanol–water partition coefficient (Wildman–Crippen LogP) is 1.99. The van der Waals surface area contributed by atoms with Crippen molar-refractivity contribution in [3.8, 4) is 0 Å². The average molecular weight is 212 g/mol. The van der Waals surface area contributed by atoms with Gasteiger partial charge in [-0.2, -0.15) is 0 Å². The summed E-state index contributed by atoms with van der Waals surface area (Å²) < 4.78 is 0. The molecule has 0 aliphatic carbocycles. The Morgan fingerprint density at radius 2 is 2.06 bits per heavy atom. The molecule has 0 bridgehead atoms. The number of para-hydroxylation sites is 1. The number of amides is 1. The van der Waals surface area contributed by atoms with Gasteiger partial charge in [-0.05, 0) is 18.2 Å². The number of pyridine rings is 1. The van der Waals surface area contributed by atoms with Gasteiger partial charge in [0.15, 0.2) is 0 Å². The number of hydrogen-bond donors (Lipinski definition) is 1. The number of nitrogens with one attached hydrogen (secondary N) is 1. The van der Waals surface area contributed by atoms with Crippen molar-refractivity contribution in [2.24, 2.45) is 0 Å². The summed E-state index contributed by atoms with van der Waals surface area (Å²) >= 11 is 0. The van der Waals surface area contributed by atoms with Crippen LogP contribution in [0.5, 0.6) is 0 Å². The molecule has 0 atom stereocenters. The van der Waals surface area contributed by atoms with E-state index in [2.05, 4.69) is 10.3 Å². The average Bonchev–Trinajstić information content (AvgIpc) is 2.35. The van der Waals surface area contributed by atoms with Crippen LogP contribution in [0.1, 0.15) is 5.69 Å². The first-order chi connectivity index (χ1) is 7.79. The molecule has 16 heavy (non-hydrogen) atoms. The molecule has 1 N–H and O–H groups in total. The summed E-state index contributed by atoms with van der Waals surface area (Å²) in [5.41, 5.74) is 1.71. The van der Waals surface area contributed by atoms with Gasteiger partial charge in [-0.25, -0.2) is 4.98 Å². The first-order valence-corrected chi connectivity index (χ1v) is 5.05. The van der Waals surface area contributed by atoms with E-state index in [1.165, 1.54) is 6.08 Å². The number of likely N-dealkylation sites (N-methyl/N-ethyl adjacent to an activating group) is 1. The molecule has 3 heteroatoms. The van der Waals surface area contributed by atoms with E-state index in [-0.39, 0.29) is 5.91 Å². The minimum atomic E-state index is -0.130. The lowest BCUT2D eigenvalue weighted by Gasteiger charge is -1.98. The van der Waals surface area contributed by atoms with E-state index in [0.29, 0.717) is 0 Å². The van der Waals surface area contributed by atoms with Gasteiger partial charge < -0.3 is 5.32 Å². The van der Waals surface area contributed by atoms with Crippen molar-refractivity contribution >= 4 is 22.9 Å². The van der Waals surface area contributed by atoms with Crippen molar-refractivity contribution in [1.29, 1.82) is 0 Å². The zero-order valence-corrected chi connectivity index (χ0v) is 8.97. The number of fused-ring (bicyclic) bond motifs is 1. The minimum absolute atomic E-state index is 0.130. The molecule has 0 spiro atoms. The van der Waals surface area contributed by atoms with Crippen molar-refractivity contribution < 1.29 is 4.79 Å². The molecular formula is C13H12N2O. The number of carbonyl (C=O) groups excluding carboxylic acids is 1. The molecule has 0 fully saturated rings. The van der Waals surface area contributed by atoms with Crippen molar-refractivity contribution in [3.05, 3.63) is 48.2 Å². The van der Waals surface area contributed by atoms with Crippen LogP contribution in [-0.4, -0.2) is 17.9 Å². The van der Waals surface area contributed by atoms with E-state index >= 15 is 0 Å². The molecule has 0 aliphatic rings. The van der Waals surface area contributed by atoms with Gasteiger partial charge >= 0.3 is 0 Å². The molecule has 1 amide bonds. The maximum atomic E-state index is 11.0. The van der Waals surface area contributed by atoms with Crippen LogP contribution in [0.25, 0.3) is 17.0 Å². The molecule has 0 aliphatic heterocycles. The topological polar surface area (TPSA) is 42.0 Å². The third-order valence-electron chi connectivity index (χ3n) is 2.27. The van der Waals surface area contributed by atoms with E-state index in [4.69, 9.17) is 0 Å². The van der Waals surface area contributed by atoms with E-state index < -0.39 is 0 Å². The molecular weight excluding hydrogens is 200 g/mol. The number of hydrogen-bond acceptors (Lipinski definition) is 2. The lowest BCUT2D eigenvalue weighted by molar-refractivity contribution is -0.115. The van der Waals surface area contributed by atoms with Gasteiger partial charge in [-0.1, -0.05) is 24.3 Å². The van der Waals surface area contributed by atoms with Crippen molar-refractivity contribution in [2.75, 3.05) is 7.05 Å². The Morgan fingerprint density at radius 1 is 1.25 bits per heavy atom. The number of carbonyl (C=O) groups is 1. The third kappa shape index (κ3) is 2.25. The van der Waals surface area contributed by atoms with Gasteiger partial charge in [0.05, 0.1) is 11.2 Å². The van der Waals surface area contributed by atoms with Crippen LogP contribution in [0.4, 0.5) is 0 Å². The molecule has 0 saturated heterocycles. The maximum absolute atomic E-state index is 11.0. The molecule has 0 radical (unpaired) electrons. The van der Waals surface area contributed by atoms with Crippen LogP contribution >= 0.6 is 0 Å². The van der Waals surface area contributed by atoms with Crippen LogP contribution in [0.3, 0.4) is 0 Å². The molecule has 80 valence electrons. The summed E-state index contributed by atoms with van der Waals surface area (Å²) in [4.78, 5) is 15.4. The predicted molar refractivity (Wildman–Crippen MR) is 64.8 cm³/mol. The molecule has 2 rings (SSSR count). The van der Waals surface area contributed by atoms with Gasteiger partial charge in [-0.15, -0.1) is 0 Å². The number of benzene rings is 1. The Labute approximate surface area is 93.8 Å². The highest BCUT2D eigenvalue weighted by Crippen LogP contribution is 2.12. The minimum Gasteiger partial charge on any atom is -0.356 e. The first-order valence-electron chi connectivity index (χ1n) is 5.05. The Balaban J connectivity index is 2.33. The lowest BCUT2D eigenvalue weighted by atomic mass is 10.2. The van der Waals surface area contributed by atoms with Crippen LogP contribution in [0, 0.1) is 0 Å². The SMILES string of the molecule is CNC(=O)/C=C/c1ccc2ccccc2n1. The van der Waals surface area contributed by atoms with Crippen molar-refractivity contribution in [2.45, 2.75) is 0 Å². The fourth-order valence-electron chi connectivity index (χ4n) is 1.42. The Hall–Kier alpha value is -2.16.